The summed E-state index contributed by atoms with van der Waals surface area (Å²) in [6.07, 6.45) is -0.460. The van der Waals surface area contributed by atoms with Gasteiger partial charge in [0.15, 0.2) is 0 Å². The zero-order valence-corrected chi connectivity index (χ0v) is 11.6. The van der Waals surface area contributed by atoms with E-state index in [-0.39, 0.29) is 13.2 Å². The molecule has 1 aromatic carbocycles. The van der Waals surface area contributed by atoms with Crippen molar-refractivity contribution in [1.29, 1.82) is 0 Å². The lowest BCUT2D eigenvalue weighted by Gasteiger charge is -2.25. The second-order valence-electron chi connectivity index (χ2n) is 3.77. The van der Waals surface area contributed by atoms with E-state index >= 15 is 0 Å². The first-order valence-corrected chi connectivity index (χ1v) is 7.70. The molecule has 19 heavy (non-hydrogen) atoms. The molecule has 0 atom stereocenters. The summed E-state index contributed by atoms with van der Waals surface area (Å²) in [5, 5.41) is -0.406. The van der Waals surface area contributed by atoms with E-state index in [1.807, 2.05) is 0 Å². The minimum absolute atomic E-state index is 0.224. The molecule has 0 radical (unpaired) electrons. The van der Waals surface area contributed by atoms with Gasteiger partial charge >= 0.3 is 5.97 Å². The monoisotopic (exact) mass is 328 g/mol. The first-order chi connectivity index (χ1) is 8.79. The average molecular weight is 329 g/mol. The smallest absolute Gasteiger partial charge is 0.341 e. The van der Waals surface area contributed by atoms with E-state index < -0.39 is 42.4 Å². The van der Waals surface area contributed by atoms with E-state index in [0.29, 0.717) is 6.07 Å². The van der Waals surface area contributed by atoms with E-state index in [9.17, 15) is 17.6 Å². The lowest BCUT2D eigenvalue weighted by atomic mass is 10.2. The molecule has 1 aromatic rings. The Morgan fingerprint density at radius 2 is 2.05 bits per heavy atom. The predicted octanol–water partition coefficient (Wildman–Crippen LogP) is 1.96. The Morgan fingerprint density at radius 3 is 2.53 bits per heavy atom. The van der Waals surface area contributed by atoms with Crippen molar-refractivity contribution in [2.75, 3.05) is 13.2 Å². The van der Waals surface area contributed by atoms with Gasteiger partial charge in [0, 0.05) is 10.7 Å². The van der Waals surface area contributed by atoms with Crippen LogP contribution >= 0.6 is 22.3 Å². The summed E-state index contributed by atoms with van der Waals surface area (Å²) in [5.41, 5.74) is -0.546. The summed E-state index contributed by atoms with van der Waals surface area (Å²) in [7, 11) is 0.945. The highest BCUT2D eigenvalue weighted by Crippen LogP contribution is 2.28. The van der Waals surface area contributed by atoms with E-state index in [2.05, 4.69) is 0 Å². The predicted molar refractivity (Wildman–Crippen MR) is 64.5 cm³/mol. The first-order valence-electron chi connectivity index (χ1n) is 5.01. The molecule has 0 saturated carbocycles. The van der Waals surface area contributed by atoms with E-state index in [0.717, 1.165) is 6.07 Å². The van der Waals surface area contributed by atoms with Crippen LogP contribution in [0.3, 0.4) is 0 Å². The minimum atomic E-state index is -4.19. The van der Waals surface area contributed by atoms with Gasteiger partial charge in [0.05, 0.1) is 23.8 Å². The van der Waals surface area contributed by atoms with Crippen LogP contribution in [-0.4, -0.2) is 33.7 Å². The summed E-state index contributed by atoms with van der Waals surface area (Å²) in [6, 6.07) is 1.45. The molecule has 5 nitrogen and oxygen atoms in total. The lowest BCUT2D eigenvalue weighted by Crippen LogP contribution is -2.38. The highest BCUT2D eigenvalue weighted by molar-refractivity contribution is 8.13. The lowest BCUT2D eigenvalue weighted by molar-refractivity contribution is -0.103. The number of rotatable bonds is 3. The van der Waals surface area contributed by atoms with Crippen molar-refractivity contribution in [3.63, 3.8) is 0 Å². The van der Waals surface area contributed by atoms with Gasteiger partial charge in [-0.05, 0) is 12.1 Å². The largest absolute Gasteiger partial charge is 0.454 e. The van der Waals surface area contributed by atoms with Gasteiger partial charge < -0.3 is 9.47 Å². The minimum Gasteiger partial charge on any atom is -0.454 e. The molecular weight excluding hydrogens is 322 g/mol. The van der Waals surface area contributed by atoms with Crippen LogP contribution in [0, 0.1) is 5.82 Å². The maximum absolute atomic E-state index is 13.6. The fourth-order valence-electron chi connectivity index (χ4n) is 1.37. The van der Waals surface area contributed by atoms with Gasteiger partial charge in [-0.1, -0.05) is 11.6 Å². The highest BCUT2D eigenvalue weighted by atomic mass is 35.7. The molecular formula is C10H7Cl2FO5S. The zero-order valence-electron chi connectivity index (χ0n) is 9.23. The Hall–Kier alpha value is -0.890. The number of hydrogen-bond acceptors (Lipinski definition) is 5. The van der Waals surface area contributed by atoms with Crippen molar-refractivity contribution in [3.8, 4) is 0 Å². The van der Waals surface area contributed by atoms with Crippen molar-refractivity contribution in [2.45, 2.75) is 11.0 Å². The van der Waals surface area contributed by atoms with E-state index in [4.69, 9.17) is 31.8 Å². The van der Waals surface area contributed by atoms with E-state index in [1.54, 1.807) is 0 Å². The van der Waals surface area contributed by atoms with Gasteiger partial charge in [0.2, 0.25) is 0 Å². The second kappa shape index (κ2) is 5.24. The Balaban J connectivity index is 2.36. The number of benzene rings is 1. The number of carbonyl (C=O) groups is 1. The number of hydrogen-bond donors (Lipinski definition) is 0. The standard InChI is InChI=1S/C10H7Cl2FO5S/c11-7-2-8(13)6(1-9(7)19(12,15)16)10(14)18-5-3-17-4-5/h1-2,5H,3-4H2. The van der Waals surface area contributed by atoms with Crippen molar-refractivity contribution in [1.82, 2.24) is 0 Å². The molecule has 104 valence electrons. The van der Waals surface area contributed by atoms with Crippen LogP contribution in [0.5, 0.6) is 0 Å². The molecule has 2 rings (SSSR count). The molecule has 1 fully saturated rings. The topological polar surface area (TPSA) is 69.7 Å². The molecule has 0 N–H and O–H groups in total. The molecule has 0 bridgehead atoms. The Labute approximate surface area is 117 Å². The summed E-state index contributed by atoms with van der Waals surface area (Å²) >= 11 is 5.56. The van der Waals surface area contributed by atoms with Gasteiger partial charge in [-0.2, -0.15) is 0 Å². The summed E-state index contributed by atoms with van der Waals surface area (Å²) in [4.78, 5) is 11.1. The maximum Gasteiger partial charge on any atom is 0.341 e. The van der Waals surface area contributed by atoms with Crippen LogP contribution in [0.1, 0.15) is 10.4 Å². The van der Waals surface area contributed by atoms with Gasteiger partial charge in [-0.15, -0.1) is 0 Å². The highest BCUT2D eigenvalue weighted by Gasteiger charge is 2.27. The van der Waals surface area contributed by atoms with Gasteiger partial charge in [-0.3, -0.25) is 0 Å². The Bertz CT molecular complexity index is 627. The average Bonchev–Trinajstić information content (AvgIpc) is 2.21. The molecule has 1 aliphatic rings. The molecule has 0 unspecified atom stereocenters. The van der Waals surface area contributed by atoms with Crippen LogP contribution < -0.4 is 0 Å². The molecule has 0 amide bonds. The number of ether oxygens (including phenoxy) is 2. The van der Waals surface area contributed by atoms with Gasteiger partial charge in [0.1, 0.15) is 16.8 Å². The summed E-state index contributed by atoms with van der Waals surface area (Å²) in [6.45, 7) is 0.448. The summed E-state index contributed by atoms with van der Waals surface area (Å²) < 4.78 is 45.7. The molecule has 1 heterocycles. The maximum atomic E-state index is 13.6. The zero-order chi connectivity index (χ0) is 14.2. The Morgan fingerprint density at radius 1 is 1.42 bits per heavy atom. The quantitative estimate of drug-likeness (QED) is 0.626. The van der Waals surface area contributed by atoms with Crippen LogP contribution in [0.4, 0.5) is 4.39 Å². The number of carbonyl (C=O) groups excluding carboxylic acids is 1. The third kappa shape index (κ3) is 3.17. The first kappa shape index (κ1) is 14.5. The second-order valence-corrected chi connectivity index (χ2v) is 6.71. The van der Waals surface area contributed by atoms with Crippen molar-refractivity contribution in [3.05, 3.63) is 28.5 Å². The molecule has 1 aliphatic heterocycles. The van der Waals surface area contributed by atoms with Crippen molar-refractivity contribution in [2.24, 2.45) is 0 Å². The Kier molecular flexibility index (Phi) is 4.00. The number of halogens is 3. The molecule has 0 aliphatic carbocycles. The molecule has 0 spiro atoms. The van der Waals surface area contributed by atoms with Crippen LogP contribution in [0.15, 0.2) is 17.0 Å². The molecule has 0 aromatic heterocycles. The number of esters is 1. The van der Waals surface area contributed by atoms with Gasteiger partial charge in [-0.25, -0.2) is 17.6 Å². The SMILES string of the molecule is O=C(OC1COC1)c1cc(S(=O)(=O)Cl)c(Cl)cc1F. The van der Waals surface area contributed by atoms with Gasteiger partial charge in [0.25, 0.3) is 9.05 Å². The summed E-state index contributed by atoms with van der Waals surface area (Å²) in [5.74, 6) is -1.98. The van der Waals surface area contributed by atoms with Crippen LogP contribution in [0.25, 0.3) is 0 Å². The third-order valence-corrected chi connectivity index (χ3v) is 4.17. The van der Waals surface area contributed by atoms with E-state index in [1.165, 1.54) is 0 Å². The molecule has 1 saturated heterocycles. The van der Waals surface area contributed by atoms with Crippen molar-refractivity contribution < 1.29 is 27.1 Å². The fourth-order valence-corrected chi connectivity index (χ4v) is 2.88. The van der Waals surface area contributed by atoms with Crippen LogP contribution in [-0.2, 0) is 18.5 Å². The molecule has 9 heteroatoms. The normalized spacial score (nSPS) is 15.9. The van der Waals surface area contributed by atoms with Crippen LogP contribution in [0.2, 0.25) is 5.02 Å². The third-order valence-electron chi connectivity index (χ3n) is 2.39. The fraction of sp³-hybridized carbons (Fsp3) is 0.300. The van der Waals surface area contributed by atoms with Crippen molar-refractivity contribution >= 4 is 37.3 Å².